The Labute approximate surface area is 175 Å². The molecule has 0 aliphatic heterocycles. The van der Waals surface area contributed by atoms with E-state index in [9.17, 15) is 18.8 Å². The highest BCUT2D eigenvalue weighted by atomic mass is 35.5. The number of benzene rings is 3. The molecule has 0 saturated carbocycles. The molecular weight excluding hydrogens is 408 g/mol. The summed E-state index contributed by atoms with van der Waals surface area (Å²) in [5, 5.41) is 15.8. The van der Waals surface area contributed by atoms with Crippen molar-refractivity contribution in [3.8, 4) is 6.07 Å². The van der Waals surface area contributed by atoms with Crippen molar-refractivity contribution in [3.63, 3.8) is 0 Å². The van der Waals surface area contributed by atoms with Crippen LogP contribution >= 0.6 is 11.6 Å². The van der Waals surface area contributed by atoms with Gasteiger partial charge in [-0.1, -0.05) is 60.1 Å². The first-order chi connectivity index (χ1) is 14.5. The van der Waals surface area contributed by atoms with Crippen molar-refractivity contribution in [2.75, 3.05) is 0 Å². The molecule has 3 aromatic carbocycles. The summed E-state index contributed by atoms with van der Waals surface area (Å²) >= 11 is 6.20. The number of aromatic nitrogens is 2. The van der Waals surface area contributed by atoms with Gasteiger partial charge in [0.25, 0.3) is 5.56 Å². The van der Waals surface area contributed by atoms with E-state index in [1.807, 2.05) is 48.5 Å². The quantitative estimate of drug-likeness (QED) is 0.464. The molecule has 1 heterocycles. The van der Waals surface area contributed by atoms with Crippen molar-refractivity contribution in [3.05, 3.63) is 111 Å². The molecule has 1 unspecified atom stereocenters. The normalized spacial score (nSPS) is 11.9. The smallest absolute Gasteiger partial charge is 0.267 e. The Kier molecular flexibility index (Phi) is 5.30. The number of fused-ring (bicyclic) bond motifs is 1. The molecule has 4 aromatic rings. The Morgan fingerprint density at radius 2 is 1.83 bits per heavy atom. The summed E-state index contributed by atoms with van der Waals surface area (Å²) < 4.78 is 28.2. The Morgan fingerprint density at radius 3 is 2.60 bits per heavy atom. The zero-order chi connectivity index (χ0) is 21.3. The van der Waals surface area contributed by atoms with Crippen LogP contribution < -0.4 is 5.56 Å². The molecular formula is C23H14ClF2N3O. The van der Waals surface area contributed by atoms with E-state index in [4.69, 9.17) is 11.6 Å². The molecule has 0 amide bonds. The highest BCUT2D eigenvalue weighted by molar-refractivity contribution is 6.31. The van der Waals surface area contributed by atoms with Gasteiger partial charge >= 0.3 is 0 Å². The van der Waals surface area contributed by atoms with E-state index in [2.05, 4.69) is 5.10 Å². The maximum Gasteiger partial charge on any atom is 0.273 e. The number of hydrogen-bond donors (Lipinski definition) is 0. The van der Waals surface area contributed by atoms with Crippen molar-refractivity contribution in [1.82, 2.24) is 9.78 Å². The fraction of sp³-hybridized carbons (Fsp3) is 0.0870. The van der Waals surface area contributed by atoms with Gasteiger partial charge in [-0.25, -0.2) is 13.5 Å². The van der Waals surface area contributed by atoms with Gasteiger partial charge in [0.15, 0.2) is 11.6 Å². The van der Waals surface area contributed by atoms with E-state index < -0.39 is 23.1 Å². The molecule has 0 spiro atoms. The minimum absolute atomic E-state index is 0.00884. The van der Waals surface area contributed by atoms with Gasteiger partial charge in [0.2, 0.25) is 0 Å². The van der Waals surface area contributed by atoms with Gasteiger partial charge in [-0.15, -0.1) is 0 Å². The highest BCUT2D eigenvalue weighted by Gasteiger charge is 2.23. The van der Waals surface area contributed by atoms with Crippen LogP contribution in [0.15, 0.2) is 71.7 Å². The van der Waals surface area contributed by atoms with Crippen LogP contribution in [0.1, 0.15) is 22.6 Å². The monoisotopic (exact) mass is 421 g/mol. The van der Waals surface area contributed by atoms with Gasteiger partial charge in [0, 0.05) is 0 Å². The van der Waals surface area contributed by atoms with E-state index in [-0.39, 0.29) is 22.7 Å². The largest absolute Gasteiger partial charge is 0.273 e. The third-order valence-corrected chi connectivity index (χ3v) is 5.23. The molecule has 148 valence electrons. The van der Waals surface area contributed by atoms with Crippen molar-refractivity contribution in [2.24, 2.45) is 0 Å². The Hall–Kier alpha value is -3.56. The lowest BCUT2D eigenvalue weighted by atomic mass is 9.93. The minimum Gasteiger partial charge on any atom is -0.267 e. The average Bonchev–Trinajstić information content (AvgIpc) is 2.75. The van der Waals surface area contributed by atoms with Crippen molar-refractivity contribution < 1.29 is 8.78 Å². The summed E-state index contributed by atoms with van der Waals surface area (Å²) in [4.78, 5) is 13.2. The lowest BCUT2D eigenvalue weighted by molar-refractivity contribution is 0.507. The van der Waals surface area contributed by atoms with Gasteiger partial charge in [-0.3, -0.25) is 4.79 Å². The van der Waals surface area contributed by atoms with Crippen molar-refractivity contribution >= 4 is 22.4 Å². The Balaban J connectivity index is 1.81. The summed E-state index contributed by atoms with van der Waals surface area (Å²) in [6.07, 6.45) is 1.29. The average molecular weight is 422 g/mol. The van der Waals surface area contributed by atoms with Gasteiger partial charge in [0.1, 0.15) is 5.92 Å². The Bertz CT molecular complexity index is 1360. The predicted molar refractivity (Wildman–Crippen MR) is 110 cm³/mol. The maximum absolute atomic E-state index is 13.7. The number of rotatable bonds is 4. The number of nitrogens with zero attached hydrogens (tertiary/aromatic N) is 3. The Morgan fingerprint density at radius 1 is 1.07 bits per heavy atom. The fourth-order valence-electron chi connectivity index (χ4n) is 3.45. The lowest BCUT2D eigenvalue weighted by Gasteiger charge is -2.14. The van der Waals surface area contributed by atoms with Crippen LogP contribution in [0.4, 0.5) is 8.78 Å². The van der Waals surface area contributed by atoms with E-state index in [1.165, 1.54) is 16.9 Å². The SMILES string of the molecule is N#CC(c1ccc(F)c(F)c1)c1c(Cl)cnn(Cc2cccc3ccccc23)c1=O. The highest BCUT2D eigenvalue weighted by Crippen LogP contribution is 2.28. The van der Waals surface area contributed by atoms with Crippen LogP contribution in [-0.4, -0.2) is 9.78 Å². The van der Waals surface area contributed by atoms with Gasteiger partial charge in [-0.2, -0.15) is 10.4 Å². The molecule has 0 bridgehead atoms. The number of halogens is 3. The second-order valence-electron chi connectivity index (χ2n) is 6.74. The van der Waals surface area contributed by atoms with Crippen LogP contribution in [-0.2, 0) is 6.54 Å². The molecule has 1 aromatic heterocycles. The van der Waals surface area contributed by atoms with E-state index in [0.717, 1.165) is 28.5 Å². The topological polar surface area (TPSA) is 58.7 Å². The molecule has 0 aliphatic rings. The zero-order valence-corrected chi connectivity index (χ0v) is 16.3. The number of hydrogen-bond acceptors (Lipinski definition) is 3. The fourth-order valence-corrected chi connectivity index (χ4v) is 3.68. The van der Waals surface area contributed by atoms with Gasteiger partial charge in [-0.05, 0) is 34.0 Å². The molecule has 7 heteroatoms. The van der Waals surface area contributed by atoms with Crippen LogP contribution in [0.2, 0.25) is 5.02 Å². The first kappa shape index (κ1) is 19.7. The minimum atomic E-state index is -1.16. The zero-order valence-electron chi connectivity index (χ0n) is 15.5. The second kappa shape index (κ2) is 8.05. The van der Waals surface area contributed by atoms with Crippen molar-refractivity contribution in [1.29, 1.82) is 5.26 Å². The molecule has 0 radical (unpaired) electrons. The van der Waals surface area contributed by atoms with E-state index >= 15 is 0 Å². The molecule has 30 heavy (non-hydrogen) atoms. The molecule has 4 nitrogen and oxygen atoms in total. The molecule has 0 saturated heterocycles. The van der Waals surface area contributed by atoms with Gasteiger partial charge < -0.3 is 0 Å². The van der Waals surface area contributed by atoms with Gasteiger partial charge in [0.05, 0.1) is 29.4 Å². The van der Waals surface area contributed by atoms with Crippen LogP contribution in [0.5, 0.6) is 0 Å². The van der Waals surface area contributed by atoms with Crippen LogP contribution in [0.25, 0.3) is 10.8 Å². The molecule has 0 N–H and O–H groups in total. The molecule has 4 rings (SSSR count). The predicted octanol–water partition coefficient (Wildman–Crippen LogP) is 5.03. The standard InChI is InChI=1S/C23H14ClF2N3O/c24-19-12-28-29(13-16-6-3-5-14-4-1-2-7-17(14)16)23(30)22(19)18(11-27)15-8-9-20(25)21(26)10-15/h1-10,12,18H,13H2. The summed E-state index contributed by atoms with van der Waals surface area (Å²) in [6.45, 7) is 0.167. The molecule has 0 aliphatic carbocycles. The third-order valence-electron chi connectivity index (χ3n) is 4.93. The molecule has 1 atom stereocenters. The van der Waals surface area contributed by atoms with Crippen LogP contribution in [0.3, 0.4) is 0 Å². The second-order valence-corrected chi connectivity index (χ2v) is 7.15. The van der Waals surface area contributed by atoms with E-state index in [1.54, 1.807) is 0 Å². The first-order valence-electron chi connectivity index (χ1n) is 9.06. The number of nitriles is 1. The van der Waals surface area contributed by atoms with Crippen LogP contribution in [0, 0.1) is 23.0 Å². The first-order valence-corrected chi connectivity index (χ1v) is 9.44. The summed E-state index contributed by atoms with van der Waals surface area (Å²) in [5.41, 5.74) is 0.419. The summed E-state index contributed by atoms with van der Waals surface area (Å²) in [5.74, 6) is -3.31. The summed E-state index contributed by atoms with van der Waals surface area (Å²) in [7, 11) is 0. The maximum atomic E-state index is 13.7. The lowest BCUT2D eigenvalue weighted by Crippen LogP contribution is -2.28. The third kappa shape index (κ3) is 3.56. The van der Waals surface area contributed by atoms with Crippen molar-refractivity contribution in [2.45, 2.75) is 12.5 Å². The molecule has 0 fully saturated rings. The van der Waals surface area contributed by atoms with E-state index in [0.29, 0.717) is 0 Å². The summed E-state index contributed by atoms with van der Waals surface area (Å²) in [6, 6.07) is 18.5.